The zero-order chi connectivity index (χ0) is 13.5. The zero-order valence-electron chi connectivity index (χ0n) is 12.3. The molecule has 4 nitrogen and oxygen atoms in total. The summed E-state index contributed by atoms with van der Waals surface area (Å²) in [5.41, 5.74) is 1.13. The van der Waals surface area contributed by atoms with E-state index in [1.54, 1.807) is 7.11 Å². The molecule has 0 radical (unpaired) electrons. The van der Waals surface area contributed by atoms with E-state index in [0.29, 0.717) is 12.1 Å². The number of hydrogen-bond acceptors (Lipinski definition) is 3. The van der Waals surface area contributed by atoms with E-state index in [-0.39, 0.29) is 6.10 Å². The smallest absolute Gasteiger partial charge is 0.0700 e. The van der Waals surface area contributed by atoms with Crippen molar-refractivity contribution in [2.45, 2.75) is 58.7 Å². The number of aromatic nitrogens is 2. The Morgan fingerprint density at radius 2 is 2.11 bits per heavy atom. The molecule has 18 heavy (non-hydrogen) atoms. The molecule has 0 spiro atoms. The van der Waals surface area contributed by atoms with Crippen molar-refractivity contribution >= 4 is 0 Å². The summed E-state index contributed by atoms with van der Waals surface area (Å²) >= 11 is 0. The highest BCUT2D eigenvalue weighted by Crippen LogP contribution is 2.11. The number of nitrogens with one attached hydrogen (secondary N) is 1. The maximum absolute atomic E-state index is 5.42. The van der Waals surface area contributed by atoms with Crippen molar-refractivity contribution < 1.29 is 4.74 Å². The Bertz CT molecular complexity index is 338. The first-order valence-electron chi connectivity index (χ1n) is 6.92. The quantitative estimate of drug-likeness (QED) is 0.773. The van der Waals surface area contributed by atoms with E-state index in [2.05, 4.69) is 55.1 Å². The van der Waals surface area contributed by atoms with E-state index in [1.165, 1.54) is 0 Å². The van der Waals surface area contributed by atoms with Gasteiger partial charge in [0.25, 0.3) is 0 Å². The Labute approximate surface area is 111 Å². The fraction of sp³-hybridized carbons (Fsp3) is 0.786. The van der Waals surface area contributed by atoms with Crippen LogP contribution in [0.3, 0.4) is 0 Å². The SMILES string of the molecule is CCNC(Cc1ccn(C(C)CC)n1)C(C)OC. The molecule has 0 amide bonds. The maximum atomic E-state index is 5.42. The third kappa shape index (κ3) is 4.10. The lowest BCUT2D eigenvalue weighted by atomic mass is 10.1. The van der Waals surface area contributed by atoms with Gasteiger partial charge in [0.1, 0.15) is 0 Å². The van der Waals surface area contributed by atoms with Gasteiger partial charge in [-0.05, 0) is 32.9 Å². The van der Waals surface area contributed by atoms with Gasteiger partial charge in [-0.3, -0.25) is 4.68 Å². The molecule has 1 rings (SSSR count). The van der Waals surface area contributed by atoms with Crippen molar-refractivity contribution in [3.63, 3.8) is 0 Å². The Kier molecular flexibility index (Phi) is 6.36. The van der Waals surface area contributed by atoms with E-state index in [9.17, 15) is 0 Å². The molecule has 1 heterocycles. The van der Waals surface area contributed by atoms with Crippen LogP contribution in [0.25, 0.3) is 0 Å². The predicted octanol–water partition coefficient (Wildman–Crippen LogP) is 2.41. The molecule has 0 aromatic carbocycles. The number of nitrogens with zero attached hydrogens (tertiary/aromatic N) is 2. The molecule has 0 saturated heterocycles. The van der Waals surface area contributed by atoms with Gasteiger partial charge in [0.15, 0.2) is 0 Å². The van der Waals surface area contributed by atoms with Crippen molar-refractivity contribution in [3.05, 3.63) is 18.0 Å². The van der Waals surface area contributed by atoms with Crippen molar-refractivity contribution in [1.29, 1.82) is 0 Å². The molecular weight excluding hydrogens is 226 g/mol. The molecule has 0 aliphatic heterocycles. The topological polar surface area (TPSA) is 39.1 Å². The van der Waals surface area contributed by atoms with Crippen molar-refractivity contribution in [1.82, 2.24) is 15.1 Å². The van der Waals surface area contributed by atoms with Gasteiger partial charge in [-0.2, -0.15) is 5.10 Å². The fourth-order valence-electron chi connectivity index (χ4n) is 1.97. The molecule has 104 valence electrons. The summed E-state index contributed by atoms with van der Waals surface area (Å²) in [5, 5.41) is 8.10. The fourth-order valence-corrected chi connectivity index (χ4v) is 1.97. The lowest BCUT2D eigenvalue weighted by Gasteiger charge is -2.22. The summed E-state index contributed by atoms with van der Waals surface area (Å²) in [6.07, 6.45) is 4.28. The van der Waals surface area contributed by atoms with Crippen LogP contribution in [0.2, 0.25) is 0 Å². The average molecular weight is 253 g/mol. The molecule has 3 unspecified atom stereocenters. The molecule has 0 aliphatic rings. The molecular formula is C14H27N3O. The van der Waals surface area contributed by atoms with E-state index >= 15 is 0 Å². The van der Waals surface area contributed by atoms with Crippen LogP contribution in [0.5, 0.6) is 0 Å². The Hall–Kier alpha value is -0.870. The highest BCUT2D eigenvalue weighted by Gasteiger charge is 2.17. The van der Waals surface area contributed by atoms with Crippen molar-refractivity contribution in [2.75, 3.05) is 13.7 Å². The van der Waals surface area contributed by atoms with Crippen LogP contribution >= 0.6 is 0 Å². The van der Waals surface area contributed by atoms with Gasteiger partial charge in [0.2, 0.25) is 0 Å². The minimum atomic E-state index is 0.193. The lowest BCUT2D eigenvalue weighted by molar-refractivity contribution is 0.0832. The summed E-state index contributed by atoms with van der Waals surface area (Å²) in [7, 11) is 1.76. The minimum absolute atomic E-state index is 0.193. The number of rotatable bonds is 8. The van der Waals surface area contributed by atoms with Gasteiger partial charge >= 0.3 is 0 Å². The average Bonchev–Trinajstić information content (AvgIpc) is 2.85. The van der Waals surface area contributed by atoms with Crippen LogP contribution in [0.1, 0.15) is 45.9 Å². The second kappa shape index (κ2) is 7.54. The number of hydrogen-bond donors (Lipinski definition) is 1. The van der Waals surface area contributed by atoms with Gasteiger partial charge in [-0.15, -0.1) is 0 Å². The Morgan fingerprint density at radius 1 is 1.39 bits per heavy atom. The third-order valence-electron chi connectivity index (χ3n) is 3.54. The summed E-state index contributed by atoms with van der Waals surface area (Å²) in [5.74, 6) is 0. The third-order valence-corrected chi connectivity index (χ3v) is 3.54. The Morgan fingerprint density at radius 3 is 2.67 bits per heavy atom. The second-order valence-electron chi connectivity index (χ2n) is 4.85. The molecule has 3 atom stereocenters. The van der Waals surface area contributed by atoms with E-state index < -0.39 is 0 Å². The summed E-state index contributed by atoms with van der Waals surface area (Å²) in [6.45, 7) is 9.54. The van der Waals surface area contributed by atoms with Crippen LogP contribution in [-0.2, 0) is 11.2 Å². The number of likely N-dealkylation sites (N-methyl/N-ethyl adjacent to an activating group) is 1. The second-order valence-corrected chi connectivity index (χ2v) is 4.85. The molecule has 4 heteroatoms. The first-order valence-corrected chi connectivity index (χ1v) is 6.92. The molecule has 1 aromatic rings. The molecule has 1 N–H and O–H groups in total. The highest BCUT2D eigenvalue weighted by atomic mass is 16.5. The van der Waals surface area contributed by atoms with Crippen LogP contribution in [0.4, 0.5) is 0 Å². The molecule has 1 aromatic heterocycles. The summed E-state index contributed by atoms with van der Waals surface area (Å²) < 4.78 is 7.47. The predicted molar refractivity (Wildman–Crippen MR) is 74.9 cm³/mol. The molecule has 0 aliphatic carbocycles. The summed E-state index contributed by atoms with van der Waals surface area (Å²) in [4.78, 5) is 0. The molecule has 0 bridgehead atoms. The van der Waals surface area contributed by atoms with Crippen LogP contribution < -0.4 is 5.32 Å². The van der Waals surface area contributed by atoms with Crippen molar-refractivity contribution in [2.24, 2.45) is 0 Å². The number of ether oxygens (including phenoxy) is 1. The van der Waals surface area contributed by atoms with E-state index in [4.69, 9.17) is 4.74 Å². The van der Waals surface area contributed by atoms with E-state index in [0.717, 1.165) is 25.1 Å². The van der Waals surface area contributed by atoms with Crippen LogP contribution in [0, 0.1) is 0 Å². The first-order chi connectivity index (χ1) is 8.62. The Balaban J connectivity index is 2.66. The van der Waals surface area contributed by atoms with Crippen molar-refractivity contribution in [3.8, 4) is 0 Å². The summed E-state index contributed by atoms with van der Waals surface area (Å²) in [6, 6.07) is 2.90. The lowest BCUT2D eigenvalue weighted by Crippen LogP contribution is -2.41. The van der Waals surface area contributed by atoms with Crippen LogP contribution in [0.15, 0.2) is 12.3 Å². The zero-order valence-corrected chi connectivity index (χ0v) is 12.3. The van der Waals surface area contributed by atoms with Gasteiger partial charge in [-0.25, -0.2) is 0 Å². The van der Waals surface area contributed by atoms with Gasteiger partial charge < -0.3 is 10.1 Å². The standard InChI is InChI=1S/C14H27N3O/c1-6-11(3)17-9-8-13(16-17)10-14(15-7-2)12(4)18-5/h8-9,11-12,14-15H,6-7,10H2,1-5H3. The molecule has 0 fully saturated rings. The maximum Gasteiger partial charge on any atom is 0.0700 e. The van der Waals surface area contributed by atoms with Crippen LogP contribution in [-0.4, -0.2) is 35.6 Å². The van der Waals surface area contributed by atoms with Gasteiger partial charge in [0.05, 0.1) is 11.8 Å². The van der Waals surface area contributed by atoms with E-state index in [1.807, 2.05) is 0 Å². The molecule has 0 saturated carbocycles. The minimum Gasteiger partial charge on any atom is -0.380 e. The first kappa shape index (κ1) is 15.2. The highest BCUT2D eigenvalue weighted by molar-refractivity contribution is 5.03. The number of methoxy groups -OCH3 is 1. The largest absolute Gasteiger partial charge is 0.380 e. The normalized spacial score (nSPS) is 16.5. The van der Waals surface area contributed by atoms with Gasteiger partial charge in [0, 0.05) is 31.8 Å². The monoisotopic (exact) mass is 253 g/mol. The van der Waals surface area contributed by atoms with Gasteiger partial charge in [-0.1, -0.05) is 13.8 Å².